The Labute approximate surface area is 124 Å². The number of nitrogens with zero attached hydrogens (tertiary/aromatic N) is 2. The lowest BCUT2D eigenvalue weighted by Gasteiger charge is -2.63. The van der Waals surface area contributed by atoms with Crippen LogP contribution in [0.15, 0.2) is 0 Å². The molecule has 0 amide bonds. The van der Waals surface area contributed by atoms with Gasteiger partial charge in [0.15, 0.2) is 0 Å². The molecule has 0 spiro atoms. The van der Waals surface area contributed by atoms with Crippen molar-refractivity contribution in [2.24, 2.45) is 17.1 Å². The molecule has 0 aromatic heterocycles. The SMILES string of the molecule is CCCN(CCN(C)C)CC1(N)C2CCOC2C1(C)C. The van der Waals surface area contributed by atoms with Crippen molar-refractivity contribution in [3.8, 4) is 0 Å². The molecular formula is C16H33N3O. The van der Waals surface area contributed by atoms with Gasteiger partial charge in [-0.3, -0.25) is 0 Å². The van der Waals surface area contributed by atoms with E-state index in [1.807, 2.05) is 0 Å². The Morgan fingerprint density at radius 2 is 1.90 bits per heavy atom. The Morgan fingerprint density at radius 1 is 1.20 bits per heavy atom. The Hall–Kier alpha value is -0.160. The Morgan fingerprint density at radius 3 is 2.50 bits per heavy atom. The molecular weight excluding hydrogens is 250 g/mol. The average Bonchev–Trinajstić information content (AvgIpc) is 2.84. The van der Waals surface area contributed by atoms with Crippen molar-refractivity contribution in [2.45, 2.75) is 45.3 Å². The molecule has 4 heteroatoms. The minimum Gasteiger partial charge on any atom is -0.377 e. The number of hydrogen-bond donors (Lipinski definition) is 1. The van der Waals surface area contributed by atoms with E-state index in [1.165, 1.54) is 6.42 Å². The van der Waals surface area contributed by atoms with Crippen molar-refractivity contribution in [3.05, 3.63) is 0 Å². The van der Waals surface area contributed by atoms with Crippen LogP contribution in [0.5, 0.6) is 0 Å². The summed E-state index contributed by atoms with van der Waals surface area (Å²) in [5.74, 6) is 0.552. The van der Waals surface area contributed by atoms with E-state index in [1.54, 1.807) is 0 Å². The van der Waals surface area contributed by atoms with Crippen LogP contribution in [0.1, 0.15) is 33.6 Å². The third kappa shape index (κ3) is 2.63. The molecule has 2 N–H and O–H groups in total. The van der Waals surface area contributed by atoms with Crippen molar-refractivity contribution in [1.29, 1.82) is 0 Å². The van der Waals surface area contributed by atoms with Crippen LogP contribution in [0.4, 0.5) is 0 Å². The van der Waals surface area contributed by atoms with Gasteiger partial charge in [0, 0.05) is 43.1 Å². The first-order chi connectivity index (χ1) is 9.33. The molecule has 1 heterocycles. The number of ether oxygens (including phenoxy) is 1. The maximum absolute atomic E-state index is 6.87. The van der Waals surface area contributed by atoms with E-state index in [-0.39, 0.29) is 11.0 Å². The van der Waals surface area contributed by atoms with Gasteiger partial charge in [0.1, 0.15) is 0 Å². The highest BCUT2D eigenvalue weighted by Crippen LogP contribution is 2.58. The number of hydrogen-bond acceptors (Lipinski definition) is 4. The molecule has 0 aromatic carbocycles. The first-order valence-electron chi connectivity index (χ1n) is 8.10. The lowest BCUT2D eigenvalue weighted by Crippen LogP contribution is -2.78. The zero-order valence-corrected chi connectivity index (χ0v) is 14.0. The van der Waals surface area contributed by atoms with E-state index in [9.17, 15) is 0 Å². The topological polar surface area (TPSA) is 41.7 Å². The standard InChI is InChI=1S/C16H33N3O/c1-6-8-19(10-9-18(4)5)12-16(17)13-7-11-20-14(13)15(16,2)3/h13-14H,6-12,17H2,1-5H3. The summed E-state index contributed by atoms with van der Waals surface area (Å²) in [7, 11) is 4.27. The summed E-state index contributed by atoms with van der Waals surface area (Å²) < 4.78 is 5.90. The van der Waals surface area contributed by atoms with E-state index in [0.717, 1.165) is 39.2 Å². The average molecular weight is 283 g/mol. The highest BCUT2D eigenvalue weighted by atomic mass is 16.5. The van der Waals surface area contributed by atoms with Gasteiger partial charge in [-0.15, -0.1) is 0 Å². The van der Waals surface area contributed by atoms with Gasteiger partial charge in [-0.25, -0.2) is 0 Å². The van der Waals surface area contributed by atoms with Crippen molar-refractivity contribution < 1.29 is 4.74 Å². The molecule has 4 nitrogen and oxygen atoms in total. The Kier molecular flexibility index (Phi) is 4.80. The third-order valence-corrected chi connectivity index (χ3v) is 5.55. The largest absolute Gasteiger partial charge is 0.377 e. The quantitative estimate of drug-likeness (QED) is 0.767. The van der Waals surface area contributed by atoms with Crippen LogP contribution in [0.25, 0.3) is 0 Å². The fourth-order valence-corrected chi connectivity index (χ4v) is 4.09. The zero-order chi connectivity index (χ0) is 15.0. The first-order valence-corrected chi connectivity index (χ1v) is 8.10. The summed E-state index contributed by atoms with van der Waals surface area (Å²) >= 11 is 0. The monoisotopic (exact) mass is 283 g/mol. The van der Waals surface area contributed by atoms with Gasteiger partial charge in [0.05, 0.1) is 6.10 Å². The van der Waals surface area contributed by atoms with Gasteiger partial charge in [-0.05, 0) is 33.5 Å². The van der Waals surface area contributed by atoms with E-state index in [2.05, 4.69) is 44.7 Å². The van der Waals surface area contributed by atoms with E-state index in [0.29, 0.717) is 12.0 Å². The molecule has 2 aliphatic rings. The van der Waals surface area contributed by atoms with Crippen LogP contribution in [0.2, 0.25) is 0 Å². The maximum Gasteiger partial charge on any atom is 0.0691 e. The molecule has 1 saturated heterocycles. The zero-order valence-electron chi connectivity index (χ0n) is 14.0. The Bertz CT molecular complexity index is 332. The highest BCUT2D eigenvalue weighted by molar-refractivity contribution is 5.21. The molecule has 20 heavy (non-hydrogen) atoms. The molecule has 2 rings (SSSR count). The van der Waals surface area contributed by atoms with Crippen molar-refractivity contribution in [3.63, 3.8) is 0 Å². The van der Waals surface area contributed by atoms with Gasteiger partial charge in [0.25, 0.3) is 0 Å². The smallest absolute Gasteiger partial charge is 0.0691 e. The van der Waals surface area contributed by atoms with Crippen molar-refractivity contribution in [1.82, 2.24) is 9.80 Å². The fraction of sp³-hybridized carbons (Fsp3) is 1.00. The molecule has 1 aliphatic carbocycles. The minimum atomic E-state index is -0.0876. The number of fused-ring (bicyclic) bond motifs is 1. The van der Waals surface area contributed by atoms with Crippen LogP contribution in [-0.4, -0.2) is 68.3 Å². The summed E-state index contributed by atoms with van der Waals surface area (Å²) in [6.45, 7) is 12.1. The molecule has 118 valence electrons. The maximum atomic E-state index is 6.87. The van der Waals surface area contributed by atoms with Crippen LogP contribution >= 0.6 is 0 Å². The van der Waals surface area contributed by atoms with E-state index >= 15 is 0 Å². The van der Waals surface area contributed by atoms with Gasteiger partial charge in [-0.2, -0.15) is 0 Å². The van der Waals surface area contributed by atoms with Crippen LogP contribution in [-0.2, 0) is 4.74 Å². The molecule has 3 atom stereocenters. The summed E-state index contributed by atoms with van der Waals surface area (Å²) in [5, 5.41) is 0. The van der Waals surface area contributed by atoms with Crippen molar-refractivity contribution in [2.75, 3.05) is 46.9 Å². The number of rotatable bonds is 7. The molecule has 0 bridgehead atoms. The fourth-order valence-electron chi connectivity index (χ4n) is 4.09. The Balaban J connectivity index is 2.01. The van der Waals surface area contributed by atoms with Gasteiger partial charge >= 0.3 is 0 Å². The van der Waals surface area contributed by atoms with Gasteiger partial charge in [-0.1, -0.05) is 20.8 Å². The van der Waals surface area contributed by atoms with Crippen LogP contribution in [0.3, 0.4) is 0 Å². The predicted octanol–water partition coefficient (Wildman–Crippen LogP) is 1.40. The molecule has 1 aliphatic heterocycles. The molecule has 3 unspecified atom stereocenters. The predicted molar refractivity (Wildman–Crippen MR) is 83.8 cm³/mol. The normalized spacial score (nSPS) is 35.4. The first kappa shape index (κ1) is 16.2. The third-order valence-electron chi connectivity index (χ3n) is 5.55. The van der Waals surface area contributed by atoms with E-state index in [4.69, 9.17) is 10.5 Å². The number of nitrogens with two attached hydrogens (primary N) is 1. The molecule has 1 saturated carbocycles. The van der Waals surface area contributed by atoms with Gasteiger partial charge < -0.3 is 20.3 Å². The van der Waals surface area contributed by atoms with Crippen LogP contribution in [0, 0.1) is 11.3 Å². The summed E-state index contributed by atoms with van der Waals surface area (Å²) in [6.07, 6.45) is 2.71. The van der Waals surface area contributed by atoms with Gasteiger partial charge in [0.2, 0.25) is 0 Å². The summed E-state index contributed by atoms with van der Waals surface area (Å²) in [4.78, 5) is 4.80. The molecule has 0 radical (unpaired) electrons. The van der Waals surface area contributed by atoms with Crippen LogP contribution < -0.4 is 5.73 Å². The lowest BCUT2D eigenvalue weighted by atomic mass is 9.48. The number of likely N-dealkylation sites (N-methyl/N-ethyl adjacent to an activating group) is 1. The second kappa shape index (κ2) is 5.91. The second-order valence-electron chi connectivity index (χ2n) is 7.53. The lowest BCUT2D eigenvalue weighted by molar-refractivity contribution is -0.163. The summed E-state index contributed by atoms with van der Waals surface area (Å²) in [6, 6.07) is 0. The molecule has 2 fully saturated rings. The van der Waals surface area contributed by atoms with E-state index < -0.39 is 0 Å². The second-order valence-corrected chi connectivity index (χ2v) is 7.53. The molecule has 0 aromatic rings. The minimum absolute atomic E-state index is 0.0876. The van der Waals surface area contributed by atoms with Crippen molar-refractivity contribution >= 4 is 0 Å². The summed E-state index contributed by atoms with van der Waals surface area (Å²) in [5.41, 5.74) is 6.88. The highest BCUT2D eigenvalue weighted by Gasteiger charge is 2.67.